The molecule has 1 aliphatic heterocycles. The van der Waals surface area contributed by atoms with Gasteiger partial charge in [-0.2, -0.15) is 0 Å². The zero-order valence-electron chi connectivity index (χ0n) is 7.18. The van der Waals surface area contributed by atoms with E-state index in [1.165, 1.54) is 0 Å². The third-order valence-electron chi connectivity index (χ3n) is 1.65. The minimum absolute atomic E-state index is 0.711. The average molecular weight is 295 g/mol. The van der Waals surface area contributed by atoms with Crippen molar-refractivity contribution in [1.82, 2.24) is 9.97 Å². The Morgan fingerprint density at radius 2 is 2.00 bits per heavy atom. The molecular weight excluding hydrogens is 289 g/mol. The van der Waals surface area contributed by atoms with Crippen LogP contribution in [0.25, 0.3) is 5.57 Å². The van der Waals surface area contributed by atoms with Crippen molar-refractivity contribution in [2.24, 2.45) is 4.99 Å². The fourth-order valence-corrected chi connectivity index (χ4v) is 1.59. The first-order valence-electron chi connectivity index (χ1n) is 4.00. The van der Waals surface area contributed by atoms with Crippen molar-refractivity contribution in [2.45, 2.75) is 0 Å². The van der Waals surface area contributed by atoms with E-state index in [0.717, 1.165) is 9.15 Å². The molecule has 0 fully saturated rings. The summed E-state index contributed by atoms with van der Waals surface area (Å²) in [5, 5.41) is 0. The molecule has 0 amide bonds. The van der Waals surface area contributed by atoms with Crippen LogP contribution in [0.1, 0.15) is 5.82 Å². The highest BCUT2D eigenvalue weighted by molar-refractivity contribution is 14.1. The lowest BCUT2D eigenvalue weighted by Crippen LogP contribution is -1.91. The van der Waals surface area contributed by atoms with Crippen LogP contribution in [0.15, 0.2) is 45.4 Å². The lowest BCUT2D eigenvalue weighted by molar-refractivity contribution is 1.12. The molecule has 0 aromatic carbocycles. The fourth-order valence-electron chi connectivity index (χ4n) is 1.03. The molecule has 1 aromatic heterocycles. The van der Waals surface area contributed by atoms with Gasteiger partial charge in [-0.15, -0.1) is 0 Å². The third kappa shape index (κ3) is 1.97. The molecule has 0 N–H and O–H groups in total. The maximum atomic E-state index is 4.18. The molecule has 0 bridgehead atoms. The van der Waals surface area contributed by atoms with Gasteiger partial charge in [-0.1, -0.05) is 0 Å². The first kappa shape index (κ1) is 9.30. The molecule has 0 saturated carbocycles. The van der Waals surface area contributed by atoms with Crippen LogP contribution in [0.3, 0.4) is 0 Å². The Kier molecular flexibility index (Phi) is 2.86. The van der Waals surface area contributed by atoms with Gasteiger partial charge < -0.3 is 0 Å². The van der Waals surface area contributed by atoms with Gasteiger partial charge in [0, 0.05) is 33.8 Å². The summed E-state index contributed by atoms with van der Waals surface area (Å²) >= 11 is 2.22. The summed E-state index contributed by atoms with van der Waals surface area (Å²) < 4.78 is 1.03. The van der Waals surface area contributed by atoms with Gasteiger partial charge in [0.2, 0.25) is 0 Å². The zero-order chi connectivity index (χ0) is 9.80. The maximum absolute atomic E-state index is 4.18. The second-order valence-electron chi connectivity index (χ2n) is 2.55. The lowest BCUT2D eigenvalue weighted by Gasteiger charge is -1.99. The van der Waals surface area contributed by atoms with E-state index in [9.17, 15) is 0 Å². The van der Waals surface area contributed by atoms with Crippen LogP contribution >= 0.6 is 22.6 Å². The molecule has 1 aliphatic rings. The van der Waals surface area contributed by atoms with E-state index in [0.29, 0.717) is 5.82 Å². The number of rotatable bonds is 1. The molecule has 1 aromatic rings. The molecular formula is C10H6IN3. The summed E-state index contributed by atoms with van der Waals surface area (Å²) in [7, 11) is 0. The van der Waals surface area contributed by atoms with Crippen molar-refractivity contribution >= 4 is 34.0 Å². The molecule has 0 aliphatic carbocycles. The summed E-state index contributed by atoms with van der Waals surface area (Å²) in [5.41, 5.74) is 0.972. The molecule has 0 spiro atoms. The summed E-state index contributed by atoms with van der Waals surface area (Å²) in [5.74, 6) is 3.50. The molecule has 14 heavy (non-hydrogen) atoms. The van der Waals surface area contributed by atoms with Gasteiger partial charge in [-0.25, -0.2) is 15.0 Å². The molecule has 2 rings (SSSR count). The van der Waals surface area contributed by atoms with Crippen molar-refractivity contribution < 1.29 is 0 Å². The number of halogens is 1. The zero-order valence-corrected chi connectivity index (χ0v) is 9.34. The largest absolute Gasteiger partial charge is 0.237 e. The Bertz CT molecular complexity index is 454. The lowest BCUT2D eigenvalue weighted by atomic mass is 10.2. The summed E-state index contributed by atoms with van der Waals surface area (Å²) in [6.45, 7) is 0. The molecule has 0 atom stereocenters. The molecule has 68 valence electrons. The van der Waals surface area contributed by atoms with Gasteiger partial charge in [0.25, 0.3) is 0 Å². The Morgan fingerprint density at radius 3 is 2.79 bits per heavy atom. The van der Waals surface area contributed by atoms with Crippen LogP contribution in [0.4, 0.5) is 0 Å². The number of hydrogen-bond donors (Lipinski definition) is 0. The Hall–Kier alpha value is -1.26. The predicted octanol–water partition coefficient (Wildman–Crippen LogP) is 2.38. The normalized spacial score (nSPS) is 14.6. The summed E-state index contributed by atoms with van der Waals surface area (Å²) in [6.07, 6.45) is 8.83. The van der Waals surface area contributed by atoms with Gasteiger partial charge in [0.05, 0.1) is 0 Å². The monoisotopic (exact) mass is 295 g/mol. The first-order chi connectivity index (χ1) is 6.88. The van der Waals surface area contributed by atoms with Crippen LogP contribution in [0.5, 0.6) is 0 Å². The molecule has 2 heterocycles. The minimum Gasteiger partial charge on any atom is -0.237 e. The highest BCUT2D eigenvalue weighted by Gasteiger charge is 2.05. The van der Waals surface area contributed by atoms with Crippen molar-refractivity contribution in [3.8, 4) is 0 Å². The Morgan fingerprint density at radius 1 is 1.21 bits per heavy atom. The van der Waals surface area contributed by atoms with E-state index in [2.05, 4.69) is 43.4 Å². The SMILES string of the molecule is IC1=C(c2ncccn2)C=CN=C=C1. The molecule has 3 nitrogen and oxygen atoms in total. The van der Waals surface area contributed by atoms with Gasteiger partial charge in [-0.3, -0.25) is 0 Å². The van der Waals surface area contributed by atoms with Crippen LogP contribution in [0.2, 0.25) is 0 Å². The van der Waals surface area contributed by atoms with E-state index in [4.69, 9.17) is 0 Å². The number of aliphatic imine (C=N–C) groups is 1. The minimum atomic E-state index is 0.711. The Labute approximate surface area is 95.1 Å². The third-order valence-corrected chi connectivity index (χ3v) is 2.54. The molecule has 4 heteroatoms. The van der Waals surface area contributed by atoms with Gasteiger partial charge >= 0.3 is 0 Å². The quantitative estimate of drug-likeness (QED) is 0.746. The summed E-state index contributed by atoms with van der Waals surface area (Å²) in [6, 6.07) is 1.80. The average Bonchev–Trinajstić information content (AvgIpc) is 2.44. The van der Waals surface area contributed by atoms with E-state index in [1.54, 1.807) is 24.7 Å². The van der Waals surface area contributed by atoms with E-state index >= 15 is 0 Å². The van der Waals surface area contributed by atoms with Crippen molar-refractivity contribution in [3.63, 3.8) is 0 Å². The summed E-state index contributed by atoms with van der Waals surface area (Å²) in [4.78, 5) is 12.3. The van der Waals surface area contributed by atoms with Crippen molar-refractivity contribution in [2.75, 3.05) is 0 Å². The van der Waals surface area contributed by atoms with Crippen molar-refractivity contribution in [3.05, 3.63) is 46.2 Å². The highest BCUT2D eigenvalue weighted by atomic mass is 127. The maximum Gasteiger partial charge on any atom is 0.160 e. The topological polar surface area (TPSA) is 38.1 Å². The van der Waals surface area contributed by atoms with Crippen LogP contribution < -0.4 is 0 Å². The van der Waals surface area contributed by atoms with Gasteiger partial charge in [-0.05, 0) is 40.6 Å². The van der Waals surface area contributed by atoms with E-state index < -0.39 is 0 Å². The first-order valence-corrected chi connectivity index (χ1v) is 5.08. The van der Waals surface area contributed by atoms with Crippen LogP contribution in [0, 0.1) is 0 Å². The highest BCUT2D eigenvalue weighted by Crippen LogP contribution is 2.23. The number of allylic oxidation sites excluding steroid dienone is 4. The van der Waals surface area contributed by atoms with Gasteiger partial charge in [0.1, 0.15) is 0 Å². The number of nitrogens with zero attached hydrogens (tertiary/aromatic N) is 3. The molecule has 0 unspecified atom stereocenters. The second kappa shape index (κ2) is 4.30. The van der Waals surface area contributed by atoms with Crippen LogP contribution in [-0.2, 0) is 0 Å². The van der Waals surface area contributed by atoms with E-state index in [-0.39, 0.29) is 0 Å². The standard InChI is InChI=1S/C10H6IN3/c11-9-3-7-12-6-2-8(9)10-13-4-1-5-14-10/h1-6H. The van der Waals surface area contributed by atoms with Crippen LogP contribution in [-0.4, -0.2) is 15.8 Å². The molecule has 0 saturated heterocycles. The van der Waals surface area contributed by atoms with Crippen molar-refractivity contribution in [1.29, 1.82) is 0 Å². The molecule has 0 radical (unpaired) electrons. The smallest absolute Gasteiger partial charge is 0.160 e. The van der Waals surface area contributed by atoms with E-state index in [1.807, 2.05) is 12.2 Å². The predicted molar refractivity (Wildman–Crippen MR) is 64.1 cm³/mol. The number of aromatic nitrogens is 2. The fraction of sp³-hybridized carbons (Fsp3) is 0. The van der Waals surface area contributed by atoms with Gasteiger partial charge in [0.15, 0.2) is 5.82 Å². The Balaban J connectivity index is 2.50. The number of hydrogen-bond acceptors (Lipinski definition) is 3. The second-order valence-corrected chi connectivity index (χ2v) is 3.71.